The van der Waals surface area contributed by atoms with Gasteiger partial charge in [-0.3, -0.25) is 4.79 Å². The molecule has 6 heteroatoms. The Hall–Kier alpha value is -3.02. The number of para-hydroxylation sites is 1. The lowest BCUT2D eigenvalue weighted by Gasteiger charge is -2.07. The van der Waals surface area contributed by atoms with Gasteiger partial charge in [-0.05, 0) is 56.2 Å². The number of benzene rings is 2. The van der Waals surface area contributed by atoms with E-state index >= 15 is 0 Å². The molecule has 1 aromatic heterocycles. The first-order valence-electron chi connectivity index (χ1n) is 7.53. The lowest BCUT2D eigenvalue weighted by atomic mass is 10.1. The molecule has 0 atom stereocenters. The molecule has 122 valence electrons. The highest BCUT2D eigenvalue weighted by atomic mass is 19.1. The third-order valence-electron chi connectivity index (χ3n) is 3.96. The highest BCUT2D eigenvalue weighted by Crippen LogP contribution is 2.18. The maximum Gasteiger partial charge on any atom is 0.278 e. The van der Waals surface area contributed by atoms with E-state index < -0.39 is 5.82 Å². The minimum atomic E-state index is -0.424. The minimum Gasteiger partial charge on any atom is -0.321 e. The number of nitrogens with one attached hydrogen (secondary N) is 1. The Morgan fingerprint density at radius 2 is 1.83 bits per heavy atom. The summed E-state index contributed by atoms with van der Waals surface area (Å²) in [6, 6.07) is 11.9. The van der Waals surface area contributed by atoms with Crippen molar-refractivity contribution in [1.29, 1.82) is 0 Å². The van der Waals surface area contributed by atoms with Gasteiger partial charge in [0.2, 0.25) is 0 Å². The molecule has 3 rings (SSSR count). The predicted octanol–water partition coefficient (Wildman–Crippen LogP) is 3.58. The molecule has 3 aromatic rings. The van der Waals surface area contributed by atoms with Crippen LogP contribution in [0.15, 0.2) is 42.5 Å². The Morgan fingerprint density at radius 3 is 2.54 bits per heavy atom. The zero-order valence-corrected chi connectivity index (χ0v) is 13.7. The lowest BCUT2D eigenvalue weighted by molar-refractivity contribution is 0.102. The van der Waals surface area contributed by atoms with Crippen LogP contribution in [0.4, 0.5) is 10.1 Å². The number of carbonyl (C=O) groups is 1. The number of anilines is 1. The Morgan fingerprint density at radius 1 is 1.08 bits per heavy atom. The van der Waals surface area contributed by atoms with Gasteiger partial charge in [0.15, 0.2) is 5.69 Å². The fourth-order valence-electron chi connectivity index (χ4n) is 2.40. The number of nitrogens with zero attached hydrogens (tertiary/aromatic N) is 3. The smallest absolute Gasteiger partial charge is 0.278 e. The van der Waals surface area contributed by atoms with Crippen LogP contribution < -0.4 is 5.32 Å². The number of aryl methyl sites for hydroxylation is 2. The van der Waals surface area contributed by atoms with E-state index in [-0.39, 0.29) is 17.3 Å². The van der Waals surface area contributed by atoms with Gasteiger partial charge in [0, 0.05) is 5.69 Å². The van der Waals surface area contributed by atoms with E-state index in [0.717, 1.165) is 11.1 Å². The monoisotopic (exact) mass is 324 g/mol. The van der Waals surface area contributed by atoms with Crippen molar-refractivity contribution in [2.24, 2.45) is 0 Å². The number of halogens is 1. The van der Waals surface area contributed by atoms with Crippen molar-refractivity contribution in [3.63, 3.8) is 0 Å². The molecule has 0 unspecified atom stereocenters. The first kappa shape index (κ1) is 15.9. The van der Waals surface area contributed by atoms with E-state index in [9.17, 15) is 9.18 Å². The number of amides is 1. The average molecular weight is 324 g/mol. The van der Waals surface area contributed by atoms with Gasteiger partial charge < -0.3 is 5.32 Å². The first-order valence-corrected chi connectivity index (χ1v) is 7.53. The summed E-state index contributed by atoms with van der Waals surface area (Å²) in [4.78, 5) is 12.4. The van der Waals surface area contributed by atoms with Crippen molar-refractivity contribution in [2.45, 2.75) is 20.8 Å². The van der Waals surface area contributed by atoms with Crippen molar-refractivity contribution in [2.75, 3.05) is 5.32 Å². The average Bonchev–Trinajstić information content (AvgIpc) is 2.93. The zero-order chi connectivity index (χ0) is 17.3. The fourth-order valence-corrected chi connectivity index (χ4v) is 2.40. The van der Waals surface area contributed by atoms with Crippen LogP contribution in [0.2, 0.25) is 0 Å². The third-order valence-corrected chi connectivity index (χ3v) is 3.96. The Kier molecular flexibility index (Phi) is 4.12. The largest absolute Gasteiger partial charge is 0.321 e. The van der Waals surface area contributed by atoms with Gasteiger partial charge in [-0.2, -0.15) is 0 Å². The maximum absolute atomic E-state index is 13.9. The fraction of sp³-hybridized carbons (Fsp3) is 0.167. The molecule has 0 saturated carbocycles. The third kappa shape index (κ3) is 2.90. The summed E-state index contributed by atoms with van der Waals surface area (Å²) in [5.74, 6) is -0.801. The Balaban J connectivity index is 1.89. The number of aromatic nitrogens is 3. The molecule has 1 amide bonds. The molecule has 5 nitrogen and oxygen atoms in total. The quantitative estimate of drug-likeness (QED) is 0.801. The summed E-state index contributed by atoms with van der Waals surface area (Å²) < 4.78 is 15.2. The molecule has 2 aromatic carbocycles. The van der Waals surface area contributed by atoms with Gasteiger partial charge in [-0.1, -0.05) is 23.4 Å². The molecule has 0 aliphatic heterocycles. The molecular weight excluding hydrogens is 307 g/mol. The van der Waals surface area contributed by atoms with Gasteiger partial charge in [0.25, 0.3) is 5.91 Å². The maximum atomic E-state index is 13.9. The molecule has 0 fully saturated rings. The molecule has 1 N–H and O–H groups in total. The van der Waals surface area contributed by atoms with E-state index in [0.29, 0.717) is 11.4 Å². The minimum absolute atomic E-state index is 0.163. The number of rotatable bonds is 3. The van der Waals surface area contributed by atoms with Crippen LogP contribution in [0, 0.1) is 26.6 Å². The number of hydrogen-bond donors (Lipinski definition) is 1. The molecule has 0 aliphatic carbocycles. The molecule has 0 saturated heterocycles. The van der Waals surface area contributed by atoms with Crippen LogP contribution in [-0.2, 0) is 0 Å². The van der Waals surface area contributed by atoms with E-state index in [1.54, 1.807) is 25.1 Å². The van der Waals surface area contributed by atoms with Gasteiger partial charge in [-0.25, -0.2) is 9.07 Å². The summed E-state index contributed by atoms with van der Waals surface area (Å²) >= 11 is 0. The number of carbonyl (C=O) groups excluding carboxylic acids is 1. The summed E-state index contributed by atoms with van der Waals surface area (Å²) in [7, 11) is 0. The standard InChI is InChI=1S/C18H17FN4O/c1-11-8-9-14(10-12(11)2)20-18(24)17-13(3)23(22-21-17)16-7-5-4-6-15(16)19/h4-10H,1-3H3,(H,20,24). The second-order valence-corrected chi connectivity index (χ2v) is 5.64. The molecule has 0 spiro atoms. The lowest BCUT2D eigenvalue weighted by Crippen LogP contribution is -2.14. The van der Waals surface area contributed by atoms with Crippen molar-refractivity contribution in [3.05, 3.63) is 70.8 Å². The topological polar surface area (TPSA) is 59.8 Å². The van der Waals surface area contributed by atoms with Crippen LogP contribution in [0.1, 0.15) is 27.3 Å². The van der Waals surface area contributed by atoms with Crippen LogP contribution in [0.25, 0.3) is 5.69 Å². The molecular formula is C18H17FN4O. The molecule has 0 aliphatic rings. The van der Waals surface area contributed by atoms with Gasteiger partial charge in [-0.15, -0.1) is 5.10 Å². The summed E-state index contributed by atoms with van der Waals surface area (Å²) in [5.41, 5.74) is 3.81. The highest BCUT2D eigenvalue weighted by Gasteiger charge is 2.19. The van der Waals surface area contributed by atoms with Crippen LogP contribution in [0.3, 0.4) is 0 Å². The van der Waals surface area contributed by atoms with E-state index in [1.807, 2.05) is 32.0 Å². The van der Waals surface area contributed by atoms with Gasteiger partial charge >= 0.3 is 0 Å². The second-order valence-electron chi connectivity index (χ2n) is 5.64. The summed E-state index contributed by atoms with van der Waals surface area (Å²) in [5, 5.41) is 10.6. The van der Waals surface area contributed by atoms with Crippen molar-refractivity contribution >= 4 is 11.6 Å². The van der Waals surface area contributed by atoms with Crippen molar-refractivity contribution in [3.8, 4) is 5.69 Å². The first-order chi connectivity index (χ1) is 11.5. The summed E-state index contributed by atoms with van der Waals surface area (Å²) in [6.45, 7) is 5.66. The van der Waals surface area contributed by atoms with E-state index in [1.165, 1.54) is 10.7 Å². The SMILES string of the molecule is Cc1ccc(NC(=O)c2nnn(-c3ccccc3F)c2C)cc1C. The van der Waals surface area contributed by atoms with Crippen LogP contribution in [0.5, 0.6) is 0 Å². The summed E-state index contributed by atoms with van der Waals surface area (Å²) in [6.07, 6.45) is 0. The Labute approximate surface area is 139 Å². The molecule has 0 radical (unpaired) electrons. The normalized spacial score (nSPS) is 10.7. The van der Waals surface area contributed by atoms with Crippen LogP contribution in [-0.4, -0.2) is 20.9 Å². The Bertz CT molecular complexity index is 917. The predicted molar refractivity (Wildman–Crippen MR) is 89.9 cm³/mol. The highest BCUT2D eigenvalue weighted by molar-refractivity contribution is 6.03. The molecule has 1 heterocycles. The molecule has 24 heavy (non-hydrogen) atoms. The molecule has 0 bridgehead atoms. The van der Waals surface area contributed by atoms with Crippen LogP contribution >= 0.6 is 0 Å². The van der Waals surface area contributed by atoms with Crippen molar-refractivity contribution in [1.82, 2.24) is 15.0 Å². The number of hydrogen-bond acceptors (Lipinski definition) is 3. The zero-order valence-electron chi connectivity index (χ0n) is 13.7. The van der Waals surface area contributed by atoms with E-state index in [2.05, 4.69) is 15.6 Å². The van der Waals surface area contributed by atoms with E-state index in [4.69, 9.17) is 0 Å². The van der Waals surface area contributed by atoms with Crippen molar-refractivity contribution < 1.29 is 9.18 Å². The van der Waals surface area contributed by atoms with Gasteiger partial charge in [0.1, 0.15) is 11.5 Å². The second kappa shape index (κ2) is 6.23. The van der Waals surface area contributed by atoms with Gasteiger partial charge in [0.05, 0.1) is 5.69 Å².